The fourth-order valence-electron chi connectivity index (χ4n) is 2.21. The number of methoxy groups -OCH3 is 2. The Morgan fingerprint density at radius 2 is 1.71 bits per heavy atom. The molecular formula is C19H23NO4. The van der Waals surface area contributed by atoms with Crippen molar-refractivity contribution in [2.75, 3.05) is 27.4 Å². The number of hydrogen-bond acceptors (Lipinski definition) is 4. The molecule has 1 N–H and O–H groups in total. The summed E-state index contributed by atoms with van der Waals surface area (Å²) in [6.07, 6.45) is 0.769. The maximum Gasteiger partial charge on any atom is 0.246 e. The molecule has 2 rings (SSSR count). The van der Waals surface area contributed by atoms with Gasteiger partial charge in [-0.05, 0) is 41.8 Å². The standard InChI is InChI=1S/C19H23NO4/c1-22-17-8-6-15(7-9-17)10-11-20-19(21)14-24-13-16-4-3-5-18(12-16)23-2/h3-9,12H,10-11,13-14H2,1-2H3,(H,20,21). The van der Waals surface area contributed by atoms with Gasteiger partial charge in [0.15, 0.2) is 0 Å². The summed E-state index contributed by atoms with van der Waals surface area (Å²) in [5.41, 5.74) is 2.12. The van der Waals surface area contributed by atoms with Crippen molar-refractivity contribution < 1.29 is 19.0 Å². The Labute approximate surface area is 142 Å². The van der Waals surface area contributed by atoms with Gasteiger partial charge in [0.05, 0.1) is 20.8 Å². The lowest BCUT2D eigenvalue weighted by molar-refractivity contribution is -0.126. The van der Waals surface area contributed by atoms with Crippen LogP contribution < -0.4 is 14.8 Å². The smallest absolute Gasteiger partial charge is 0.246 e. The first kappa shape index (κ1) is 17.8. The van der Waals surface area contributed by atoms with E-state index >= 15 is 0 Å². The highest BCUT2D eigenvalue weighted by Gasteiger charge is 2.03. The van der Waals surface area contributed by atoms with Gasteiger partial charge >= 0.3 is 0 Å². The summed E-state index contributed by atoms with van der Waals surface area (Å²) in [5.74, 6) is 1.49. The second-order valence-electron chi connectivity index (χ2n) is 5.29. The SMILES string of the molecule is COc1ccc(CCNC(=O)COCc2cccc(OC)c2)cc1. The van der Waals surface area contributed by atoms with E-state index in [1.54, 1.807) is 14.2 Å². The van der Waals surface area contributed by atoms with Crippen LogP contribution in [0.15, 0.2) is 48.5 Å². The molecule has 1 amide bonds. The molecule has 0 fully saturated rings. The zero-order valence-corrected chi connectivity index (χ0v) is 14.1. The highest BCUT2D eigenvalue weighted by Crippen LogP contribution is 2.13. The molecule has 0 spiro atoms. The van der Waals surface area contributed by atoms with Gasteiger partial charge in [-0.3, -0.25) is 4.79 Å². The van der Waals surface area contributed by atoms with Crippen molar-refractivity contribution in [3.05, 3.63) is 59.7 Å². The molecule has 0 saturated heterocycles. The lowest BCUT2D eigenvalue weighted by Gasteiger charge is -2.08. The lowest BCUT2D eigenvalue weighted by atomic mass is 10.1. The predicted molar refractivity (Wildman–Crippen MR) is 92.4 cm³/mol. The van der Waals surface area contributed by atoms with Crippen LogP contribution in [-0.4, -0.2) is 33.3 Å². The summed E-state index contributed by atoms with van der Waals surface area (Å²) in [6.45, 7) is 0.997. The third kappa shape index (κ3) is 5.93. The Bertz CT molecular complexity index is 640. The number of hydrogen-bond donors (Lipinski definition) is 1. The monoisotopic (exact) mass is 329 g/mol. The molecule has 5 nitrogen and oxygen atoms in total. The molecule has 24 heavy (non-hydrogen) atoms. The Balaban J connectivity index is 1.64. The Kier molecular flexibility index (Phi) is 7.11. The van der Waals surface area contributed by atoms with Crippen molar-refractivity contribution in [1.82, 2.24) is 5.32 Å². The van der Waals surface area contributed by atoms with E-state index in [2.05, 4.69) is 5.32 Å². The third-order valence-electron chi connectivity index (χ3n) is 3.53. The maximum absolute atomic E-state index is 11.8. The number of benzene rings is 2. The summed E-state index contributed by atoms with van der Waals surface area (Å²) < 4.78 is 15.7. The molecule has 0 saturated carbocycles. The average molecular weight is 329 g/mol. The van der Waals surface area contributed by atoms with E-state index in [1.807, 2.05) is 48.5 Å². The molecule has 2 aromatic carbocycles. The van der Waals surface area contributed by atoms with E-state index in [0.717, 1.165) is 29.0 Å². The third-order valence-corrected chi connectivity index (χ3v) is 3.53. The minimum atomic E-state index is -0.119. The minimum absolute atomic E-state index is 0.0415. The zero-order chi connectivity index (χ0) is 17.2. The number of carbonyl (C=O) groups is 1. The number of carbonyl (C=O) groups excluding carboxylic acids is 1. The summed E-state index contributed by atoms with van der Waals surface area (Å²) in [7, 11) is 3.26. The Hall–Kier alpha value is -2.53. The van der Waals surface area contributed by atoms with Gasteiger partial charge in [-0.2, -0.15) is 0 Å². The van der Waals surface area contributed by atoms with E-state index in [-0.39, 0.29) is 12.5 Å². The van der Waals surface area contributed by atoms with Crippen LogP contribution >= 0.6 is 0 Å². The highest BCUT2D eigenvalue weighted by atomic mass is 16.5. The van der Waals surface area contributed by atoms with E-state index in [4.69, 9.17) is 14.2 Å². The van der Waals surface area contributed by atoms with Crippen LogP contribution in [0.3, 0.4) is 0 Å². The topological polar surface area (TPSA) is 56.8 Å². The van der Waals surface area contributed by atoms with Gasteiger partial charge in [-0.25, -0.2) is 0 Å². The van der Waals surface area contributed by atoms with Gasteiger partial charge < -0.3 is 19.5 Å². The quantitative estimate of drug-likeness (QED) is 0.768. The van der Waals surface area contributed by atoms with Crippen LogP contribution in [0.2, 0.25) is 0 Å². The molecule has 0 bridgehead atoms. The van der Waals surface area contributed by atoms with Gasteiger partial charge in [0, 0.05) is 6.54 Å². The average Bonchev–Trinajstić information content (AvgIpc) is 2.62. The largest absolute Gasteiger partial charge is 0.497 e. The second-order valence-corrected chi connectivity index (χ2v) is 5.29. The molecule has 128 valence electrons. The number of ether oxygens (including phenoxy) is 3. The van der Waals surface area contributed by atoms with Crippen LogP contribution in [0, 0.1) is 0 Å². The normalized spacial score (nSPS) is 10.2. The molecule has 5 heteroatoms. The van der Waals surface area contributed by atoms with Crippen molar-refractivity contribution in [2.24, 2.45) is 0 Å². The minimum Gasteiger partial charge on any atom is -0.497 e. The van der Waals surface area contributed by atoms with Crippen molar-refractivity contribution in [3.8, 4) is 11.5 Å². The van der Waals surface area contributed by atoms with Gasteiger partial charge in [0.2, 0.25) is 5.91 Å². The van der Waals surface area contributed by atoms with Gasteiger partial charge in [0.1, 0.15) is 18.1 Å². The van der Waals surface area contributed by atoms with Crippen molar-refractivity contribution in [2.45, 2.75) is 13.0 Å². The molecular weight excluding hydrogens is 306 g/mol. The van der Waals surface area contributed by atoms with Crippen LogP contribution in [0.25, 0.3) is 0 Å². The summed E-state index contributed by atoms with van der Waals surface area (Å²) in [5, 5.41) is 2.85. The lowest BCUT2D eigenvalue weighted by Crippen LogP contribution is -2.29. The van der Waals surface area contributed by atoms with Crippen molar-refractivity contribution >= 4 is 5.91 Å². The second kappa shape index (κ2) is 9.57. The van der Waals surface area contributed by atoms with E-state index in [0.29, 0.717) is 13.2 Å². The summed E-state index contributed by atoms with van der Waals surface area (Å²) in [4.78, 5) is 11.8. The van der Waals surface area contributed by atoms with Crippen LogP contribution in [0.5, 0.6) is 11.5 Å². The molecule has 0 aliphatic rings. The van der Waals surface area contributed by atoms with E-state index in [9.17, 15) is 4.79 Å². The van der Waals surface area contributed by atoms with Gasteiger partial charge in [-0.1, -0.05) is 24.3 Å². The molecule has 0 heterocycles. The molecule has 0 aliphatic carbocycles. The van der Waals surface area contributed by atoms with Crippen LogP contribution in [0.1, 0.15) is 11.1 Å². The summed E-state index contributed by atoms with van der Waals surface area (Å²) in [6, 6.07) is 15.4. The van der Waals surface area contributed by atoms with Crippen molar-refractivity contribution in [3.63, 3.8) is 0 Å². The number of amides is 1. The fraction of sp³-hybridized carbons (Fsp3) is 0.316. The molecule has 0 aromatic heterocycles. The zero-order valence-electron chi connectivity index (χ0n) is 14.1. The first-order chi connectivity index (χ1) is 11.7. The van der Waals surface area contributed by atoms with Gasteiger partial charge in [0.25, 0.3) is 0 Å². The van der Waals surface area contributed by atoms with Crippen LogP contribution in [-0.2, 0) is 22.6 Å². The van der Waals surface area contributed by atoms with Crippen molar-refractivity contribution in [1.29, 1.82) is 0 Å². The maximum atomic E-state index is 11.8. The molecule has 0 unspecified atom stereocenters. The summed E-state index contributed by atoms with van der Waals surface area (Å²) >= 11 is 0. The first-order valence-electron chi connectivity index (χ1n) is 7.81. The highest BCUT2D eigenvalue weighted by molar-refractivity contribution is 5.77. The van der Waals surface area contributed by atoms with E-state index in [1.165, 1.54) is 0 Å². The molecule has 0 radical (unpaired) electrons. The fourth-order valence-corrected chi connectivity index (χ4v) is 2.21. The Morgan fingerprint density at radius 3 is 2.42 bits per heavy atom. The molecule has 0 aliphatic heterocycles. The number of rotatable bonds is 9. The predicted octanol–water partition coefficient (Wildman–Crippen LogP) is 2.58. The first-order valence-corrected chi connectivity index (χ1v) is 7.81. The molecule has 0 atom stereocenters. The number of nitrogens with one attached hydrogen (secondary N) is 1. The Morgan fingerprint density at radius 1 is 0.958 bits per heavy atom. The van der Waals surface area contributed by atoms with Gasteiger partial charge in [-0.15, -0.1) is 0 Å². The molecule has 2 aromatic rings. The van der Waals surface area contributed by atoms with E-state index < -0.39 is 0 Å². The van der Waals surface area contributed by atoms with Crippen LogP contribution in [0.4, 0.5) is 0 Å².